The van der Waals surface area contributed by atoms with Crippen LogP contribution in [0, 0.1) is 5.41 Å². The van der Waals surface area contributed by atoms with Crippen molar-refractivity contribution in [1.82, 2.24) is 5.06 Å². The van der Waals surface area contributed by atoms with Crippen molar-refractivity contribution in [2.24, 2.45) is 5.41 Å². The van der Waals surface area contributed by atoms with Gasteiger partial charge in [-0.3, -0.25) is 9.40 Å². The molecule has 0 aromatic carbocycles. The van der Waals surface area contributed by atoms with E-state index in [9.17, 15) is 14.5 Å². The molecular weight excluding hydrogens is 345 g/mol. The highest BCUT2D eigenvalue weighted by Crippen LogP contribution is 2.45. The molecule has 0 aliphatic rings. The molecule has 7 nitrogen and oxygen atoms in total. The van der Waals surface area contributed by atoms with Crippen molar-refractivity contribution in [2.75, 3.05) is 19.4 Å². The minimum atomic E-state index is -1.50. The fourth-order valence-electron chi connectivity index (χ4n) is 2.38. The molecule has 0 heterocycles. The van der Waals surface area contributed by atoms with E-state index < -0.39 is 28.4 Å². The first kappa shape index (κ1) is 24.4. The van der Waals surface area contributed by atoms with E-state index in [1.807, 2.05) is 48.5 Å². The van der Waals surface area contributed by atoms with Gasteiger partial charge in [-0.25, -0.2) is 4.79 Å². The molecule has 1 N–H and O–H groups in total. The van der Waals surface area contributed by atoms with Crippen LogP contribution in [0.2, 0.25) is 0 Å². The van der Waals surface area contributed by atoms with Crippen LogP contribution in [0.4, 0.5) is 0 Å². The van der Waals surface area contributed by atoms with E-state index in [2.05, 4.69) is 0 Å². The summed E-state index contributed by atoms with van der Waals surface area (Å²) < 4.78 is 23.5. The van der Waals surface area contributed by atoms with Gasteiger partial charge in [-0.15, -0.1) is 5.06 Å². The molecule has 25 heavy (non-hydrogen) atoms. The second kappa shape index (κ2) is 8.87. The Morgan fingerprint density at radius 3 is 1.72 bits per heavy atom. The quantitative estimate of drug-likeness (QED) is 0.331. The number of aliphatic carboxylic acids is 1. The topological polar surface area (TPSA) is 85.3 Å². The Morgan fingerprint density at radius 1 is 1.00 bits per heavy atom. The Balaban J connectivity index is 6.43. The molecule has 0 spiro atoms. The molecule has 8 heteroatoms. The van der Waals surface area contributed by atoms with E-state index in [1.165, 1.54) is 18.9 Å². The Kier molecular flexibility index (Phi) is 8.66. The number of carboxylic acid groups (broad SMARTS) is 1. The summed E-state index contributed by atoms with van der Waals surface area (Å²) in [6.45, 7) is 16.5. The van der Waals surface area contributed by atoms with Gasteiger partial charge in [-0.2, -0.15) is 0 Å². The summed E-state index contributed by atoms with van der Waals surface area (Å²) in [7, 11) is -0.0632. The lowest BCUT2D eigenvalue weighted by atomic mass is 9.88. The van der Waals surface area contributed by atoms with Gasteiger partial charge in [0.2, 0.25) is 0 Å². The molecule has 0 aliphatic heterocycles. The van der Waals surface area contributed by atoms with Gasteiger partial charge in [0.1, 0.15) is 0 Å². The van der Waals surface area contributed by atoms with Gasteiger partial charge in [0.25, 0.3) is 5.91 Å². The van der Waals surface area contributed by atoms with E-state index >= 15 is 0 Å². The third kappa shape index (κ3) is 5.69. The average molecular weight is 379 g/mol. The van der Waals surface area contributed by atoms with Crippen molar-refractivity contribution in [1.29, 1.82) is 0 Å². The van der Waals surface area contributed by atoms with Gasteiger partial charge in [0.15, 0.2) is 14.1 Å². The van der Waals surface area contributed by atoms with E-state index in [0.717, 1.165) is 0 Å². The Morgan fingerprint density at radius 2 is 1.44 bits per heavy atom. The number of hydrogen-bond donors (Lipinski definition) is 1. The van der Waals surface area contributed by atoms with Crippen molar-refractivity contribution in [3.63, 3.8) is 0 Å². The summed E-state index contributed by atoms with van der Waals surface area (Å²) in [6.07, 6.45) is 0.246. The molecule has 0 radical (unpaired) electrons. The van der Waals surface area contributed by atoms with Gasteiger partial charge in [0, 0.05) is 30.3 Å². The standard InChI is InChI=1S/C17H34NO6P/c1-10-22-17(23-11-2,15(6,7)12-25-21)18(14(3,4)5)24-16(8,9)13(19)20/h10-12H2,1-9H3,(H,19,20). The van der Waals surface area contributed by atoms with Crippen molar-refractivity contribution >= 4 is 14.4 Å². The van der Waals surface area contributed by atoms with Gasteiger partial charge in [-0.1, -0.05) is 13.8 Å². The second-order valence-electron chi connectivity index (χ2n) is 7.99. The lowest BCUT2D eigenvalue weighted by Crippen LogP contribution is -2.69. The largest absolute Gasteiger partial charge is 0.479 e. The molecule has 0 amide bonds. The third-order valence-corrected chi connectivity index (χ3v) is 4.63. The van der Waals surface area contributed by atoms with Crippen LogP contribution in [0.3, 0.4) is 0 Å². The number of carboxylic acids is 1. The molecular formula is C17H34NO6P. The maximum absolute atomic E-state index is 11.6. The molecule has 0 aromatic heterocycles. The number of ether oxygens (including phenoxy) is 2. The monoisotopic (exact) mass is 379 g/mol. The summed E-state index contributed by atoms with van der Waals surface area (Å²) in [5.41, 5.74) is -2.92. The minimum Gasteiger partial charge on any atom is -0.479 e. The van der Waals surface area contributed by atoms with E-state index in [0.29, 0.717) is 13.2 Å². The molecule has 0 aromatic rings. The van der Waals surface area contributed by atoms with Crippen LogP contribution >= 0.6 is 8.46 Å². The molecule has 0 saturated heterocycles. The lowest BCUT2D eigenvalue weighted by Gasteiger charge is -2.55. The number of carbonyl (C=O) groups is 1. The number of hydrogen-bond acceptors (Lipinski definition) is 6. The predicted molar refractivity (Wildman–Crippen MR) is 96.6 cm³/mol. The van der Waals surface area contributed by atoms with Crippen LogP contribution in [0.15, 0.2) is 0 Å². The van der Waals surface area contributed by atoms with E-state index in [4.69, 9.17) is 14.3 Å². The van der Waals surface area contributed by atoms with Crippen molar-refractivity contribution < 1.29 is 28.8 Å². The number of nitrogens with zero attached hydrogens (tertiary/aromatic N) is 1. The number of rotatable bonds is 11. The Bertz CT molecular complexity index is 453. The zero-order chi connectivity index (χ0) is 20.1. The van der Waals surface area contributed by atoms with E-state index in [1.54, 1.807) is 0 Å². The summed E-state index contributed by atoms with van der Waals surface area (Å²) >= 11 is 0. The normalized spacial score (nSPS) is 14.3. The van der Waals surface area contributed by atoms with Crippen LogP contribution in [0.25, 0.3) is 0 Å². The zero-order valence-corrected chi connectivity index (χ0v) is 17.9. The van der Waals surface area contributed by atoms with Crippen LogP contribution in [0.1, 0.15) is 62.3 Å². The molecule has 0 rings (SSSR count). The average Bonchev–Trinajstić information content (AvgIpc) is 2.43. The molecule has 0 atom stereocenters. The smallest absolute Gasteiger partial charge is 0.337 e. The molecule has 0 saturated carbocycles. The van der Waals surface area contributed by atoms with Crippen molar-refractivity contribution in [3.05, 3.63) is 0 Å². The Hall–Kier alpha value is -0.590. The molecule has 0 unspecified atom stereocenters. The highest BCUT2D eigenvalue weighted by atomic mass is 31.1. The molecule has 0 fully saturated rings. The third-order valence-electron chi connectivity index (χ3n) is 3.71. The van der Waals surface area contributed by atoms with Gasteiger partial charge < -0.3 is 14.6 Å². The predicted octanol–water partition coefficient (Wildman–Crippen LogP) is 3.93. The number of hydroxylamine groups is 2. The highest BCUT2D eigenvalue weighted by molar-refractivity contribution is 7.23. The Labute approximate surface area is 153 Å². The SMILES string of the molecule is CCOC(OCC)(N(OC(C)(C)C(=O)O)C(C)(C)C)C(C)(C)CP=O. The summed E-state index contributed by atoms with van der Waals surface area (Å²) in [6, 6.07) is 0. The minimum absolute atomic E-state index is 0.0632. The fraction of sp³-hybridized carbons (Fsp3) is 0.941. The van der Waals surface area contributed by atoms with Gasteiger partial charge >= 0.3 is 5.97 Å². The fourth-order valence-corrected chi connectivity index (χ4v) is 2.91. The highest BCUT2D eigenvalue weighted by Gasteiger charge is 2.58. The first-order chi connectivity index (χ1) is 11.2. The summed E-state index contributed by atoms with van der Waals surface area (Å²) in [5.74, 6) is -2.53. The van der Waals surface area contributed by atoms with E-state index in [-0.39, 0.29) is 14.6 Å². The maximum Gasteiger partial charge on any atom is 0.337 e. The molecule has 0 aliphatic carbocycles. The summed E-state index contributed by atoms with van der Waals surface area (Å²) in [5, 5.41) is 11.0. The zero-order valence-electron chi connectivity index (χ0n) is 17.0. The van der Waals surface area contributed by atoms with Crippen molar-refractivity contribution in [3.8, 4) is 0 Å². The lowest BCUT2D eigenvalue weighted by molar-refractivity contribution is -0.474. The first-order valence-corrected chi connectivity index (χ1v) is 9.51. The maximum atomic E-state index is 11.6. The first-order valence-electron chi connectivity index (χ1n) is 8.51. The van der Waals surface area contributed by atoms with Gasteiger partial charge in [-0.05, 0) is 48.5 Å². The summed E-state index contributed by atoms with van der Waals surface area (Å²) in [4.78, 5) is 17.6. The van der Waals surface area contributed by atoms with Crippen LogP contribution in [-0.4, -0.2) is 52.6 Å². The van der Waals surface area contributed by atoms with Crippen LogP contribution in [0.5, 0.6) is 0 Å². The second-order valence-corrected chi connectivity index (χ2v) is 8.57. The molecule has 148 valence electrons. The van der Waals surface area contributed by atoms with Gasteiger partial charge in [0.05, 0.1) is 0 Å². The van der Waals surface area contributed by atoms with Crippen molar-refractivity contribution in [2.45, 2.75) is 79.4 Å². The van der Waals surface area contributed by atoms with Crippen LogP contribution in [-0.2, 0) is 23.7 Å². The molecule has 0 bridgehead atoms. The van der Waals surface area contributed by atoms with Crippen LogP contribution < -0.4 is 0 Å².